The highest BCUT2D eigenvalue weighted by atomic mass is 16.5. The number of benzene rings is 1. The van der Waals surface area contributed by atoms with E-state index >= 15 is 0 Å². The Kier molecular flexibility index (Phi) is 2.81. The molecule has 0 bridgehead atoms. The molecule has 3 heteroatoms. The molecule has 1 heterocycles. The molecule has 0 unspecified atom stereocenters. The highest BCUT2D eigenvalue weighted by molar-refractivity contribution is 6.08. The van der Waals surface area contributed by atoms with E-state index in [1.165, 1.54) is 0 Å². The smallest absolute Gasteiger partial charge is 0.194 e. The van der Waals surface area contributed by atoms with E-state index in [9.17, 15) is 4.79 Å². The Morgan fingerprint density at radius 3 is 2.72 bits per heavy atom. The molecule has 0 amide bonds. The molecule has 0 spiro atoms. The lowest BCUT2D eigenvalue weighted by Crippen LogP contribution is -2.03. The average molecular weight is 239 g/mol. The second-order valence-electron chi connectivity index (χ2n) is 4.42. The Morgan fingerprint density at radius 2 is 2.00 bits per heavy atom. The third-order valence-electron chi connectivity index (χ3n) is 2.85. The summed E-state index contributed by atoms with van der Waals surface area (Å²) < 4.78 is 5.68. The van der Waals surface area contributed by atoms with E-state index in [-0.39, 0.29) is 5.78 Å². The summed E-state index contributed by atoms with van der Waals surface area (Å²) in [5.74, 6) is 0.747. The molecule has 2 aromatic rings. The fourth-order valence-electron chi connectivity index (χ4n) is 1.75. The fourth-order valence-corrected chi connectivity index (χ4v) is 1.75. The first-order valence-electron chi connectivity index (χ1n) is 6.04. The van der Waals surface area contributed by atoms with Gasteiger partial charge in [-0.3, -0.25) is 9.78 Å². The normalized spacial score (nSPS) is 14.2. The van der Waals surface area contributed by atoms with Crippen LogP contribution >= 0.6 is 0 Å². The maximum absolute atomic E-state index is 12.2. The summed E-state index contributed by atoms with van der Waals surface area (Å²) in [6, 6.07) is 10.9. The number of hydrogen-bond acceptors (Lipinski definition) is 3. The monoisotopic (exact) mass is 239 g/mol. The van der Waals surface area contributed by atoms with Crippen molar-refractivity contribution in [3.05, 3.63) is 59.9 Å². The molecule has 0 atom stereocenters. The lowest BCUT2D eigenvalue weighted by Gasteiger charge is -2.06. The quantitative estimate of drug-likeness (QED) is 0.770. The van der Waals surface area contributed by atoms with Crippen LogP contribution in [0.3, 0.4) is 0 Å². The van der Waals surface area contributed by atoms with Crippen LogP contribution in [0.25, 0.3) is 0 Å². The van der Waals surface area contributed by atoms with Gasteiger partial charge in [-0.2, -0.15) is 0 Å². The first-order chi connectivity index (χ1) is 8.83. The SMILES string of the molecule is O=C(c1cccnc1)c1cccc(OC2CC2)c1. The van der Waals surface area contributed by atoms with Crippen molar-refractivity contribution in [2.45, 2.75) is 18.9 Å². The number of pyridine rings is 1. The van der Waals surface area contributed by atoms with Crippen molar-refractivity contribution in [1.82, 2.24) is 4.98 Å². The van der Waals surface area contributed by atoms with Gasteiger partial charge in [-0.1, -0.05) is 12.1 Å². The molecule has 1 aromatic heterocycles. The largest absolute Gasteiger partial charge is 0.490 e. The van der Waals surface area contributed by atoms with Crippen LogP contribution in [-0.4, -0.2) is 16.9 Å². The van der Waals surface area contributed by atoms with Crippen molar-refractivity contribution in [2.24, 2.45) is 0 Å². The topological polar surface area (TPSA) is 39.2 Å². The van der Waals surface area contributed by atoms with Crippen molar-refractivity contribution in [2.75, 3.05) is 0 Å². The summed E-state index contributed by atoms with van der Waals surface area (Å²) in [7, 11) is 0. The van der Waals surface area contributed by atoms with Crippen LogP contribution in [0.5, 0.6) is 5.75 Å². The second kappa shape index (κ2) is 4.61. The minimum atomic E-state index is -0.0238. The van der Waals surface area contributed by atoms with Gasteiger partial charge in [0, 0.05) is 23.5 Å². The second-order valence-corrected chi connectivity index (χ2v) is 4.42. The van der Waals surface area contributed by atoms with E-state index in [2.05, 4.69) is 4.98 Å². The van der Waals surface area contributed by atoms with Gasteiger partial charge in [0.2, 0.25) is 0 Å². The van der Waals surface area contributed by atoms with Gasteiger partial charge in [-0.15, -0.1) is 0 Å². The van der Waals surface area contributed by atoms with Crippen molar-refractivity contribution in [3.63, 3.8) is 0 Å². The van der Waals surface area contributed by atoms with Gasteiger partial charge < -0.3 is 4.74 Å². The maximum Gasteiger partial charge on any atom is 0.194 e. The molecule has 1 aliphatic rings. The Labute approximate surface area is 105 Å². The number of carbonyl (C=O) groups excluding carboxylic acids is 1. The molecule has 90 valence electrons. The van der Waals surface area contributed by atoms with Gasteiger partial charge in [-0.25, -0.2) is 0 Å². The molecule has 1 fully saturated rings. The highest BCUT2D eigenvalue weighted by Gasteiger charge is 2.23. The van der Waals surface area contributed by atoms with Crippen LogP contribution in [0.4, 0.5) is 0 Å². The van der Waals surface area contributed by atoms with Crippen LogP contribution in [0.15, 0.2) is 48.8 Å². The third-order valence-corrected chi connectivity index (χ3v) is 2.85. The number of rotatable bonds is 4. The van der Waals surface area contributed by atoms with Crippen LogP contribution < -0.4 is 4.74 Å². The molecular weight excluding hydrogens is 226 g/mol. The first kappa shape index (κ1) is 11.0. The summed E-state index contributed by atoms with van der Waals surface area (Å²) in [5.41, 5.74) is 1.24. The Bertz CT molecular complexity index is 562. The number of aromatic nitrogens is 1. The van der Waals surface area contributed by atoms with Gasteiger partial charge in [0.1, 0.15) is 5.75 Å². The zero-order chi connectivity index (χ0) is 12.4. The molecule has 3 nitrogen and oxygen atoms in total. The van der Waals surface area contributed by atoms with Gasteiger partial charge in [0.25, 0.3) is 0 Å². The van der Waals surface area contributed by atoms with Crippen molar-refractivity contribution in [3.8, 4) is 5.75 Å². The minimum absolute atomic E-state index is 0.0238. The van der Waals surface area contributed by atoms with Crippen LogP contribution in [-0.2, 0) is 0 Å². The van der Waals surface area contributed by atoms with Gasteiger partial charge in [-0.05, 0) is 37.1 Å². The summed E-state index contributed by atoms with van der Waals surface area (Å²) in [6.07, 6.45) is 5.80. The first-order valence-corrected chi connectivity index (χ1v) is 6.04. The number of hydrogen-bond donors (Lipinski definition) is 0. The molecule has 0 saturated heterocycles. The van der Waals surface area contributed by atoms with Gasteiger partial charge in [0.15, 0.2) is 5.78 Å². The zero-order valence-corrected chi connectivity index (χ0v) is 9.87. The Balaban J connectivity index is 1.84. The van der Waals surface area contributed by atoms with Crippen molar-refractivity contribution < 1.29 is 9.53 Å². The maximum atomic E-state index is 12.2. The molecule has 0 N–H and O–H groups in total. The van der Waals surface area contributed by atoms with E-state index in [1.807, 2.05) is 12.1 Å². The standard InChI is InChI=1S/C15H13NO2/c17-15(12-4-2-8-16-10-12)11-3-1-5-14(9-11)18-13-6-7-13/h1-5,8-10,13H,6-7H2. The predicted molar refractivity (Wildman–Crippen MR) is 67.8 cm³/mol. The summed E-state index contributed by atoms with van der Waals surface area (Å²) >= 11 is 0. The molecular formula is C15H13NO2. The van der Waals surface area contributed by atoms with E-state index in [0.29, 0.717) is 17.2 Å². The molecule has 1 aromatic carbocycles. The van der Waals surface area contributed by atoms with Crippen molar-refractivity contribution in [1.29, 1.82) is 0 Å². The molecule has 3 rings (SSSR count). The number of carbonyl (C=O) groups is 1. The summed E-state index contributed by atoms with van der Waals surface area (Å²) in [6.45, 7) is 0. The van der Waals surface area contributed by atoms with E-state index in [4.69, 9.17) is 4.74 Å². The van der Waals surface area contributed by atoms with Crippen molar-refractivity contribution >= 4 is 5.78 Å². The van der Waals surface area contributed by atoms with E-state index in [1.54, 1.807) is 36.7 Å². The fraction of sp³-hybridized carbons (Fsp3) is 0.200. The summed E-state index contributed by atoms with van der Waals surface area (Å²) in [5, 5.41) is 0. The van der Waals surface area contributed by atoms with E-state index in [0.717, 1.165) is 18.6 Å². The van der Waals surface area contributed by atoms with Crippen LogP contribution in [0.2, 0.25) is 0 Å². The lowest BCUT2D eigenvalue weighted by molar-refractivity contribution is 0.103. The van der Waals surface area contributed by atoms with Gasteiger partial charge >= 0.3 is 0 Å². The number of ether oxygens (including phenoxy) is 1. The number of nitrogens with zero attached hydrogens (tertiary/aromatic N) is 1. The number of ketones is 1. The van der Waals surface area contributed by atoms with Gasteiger partial charge in [0.05, 0.1) is 6.10 Å². The Morgan fingerprint density at radius 1 is 1.17 bits per heavy atom. The minimum Gasteiger partial charge on any atom is -0.490 e. The highest BCUT2D eigenvalue weighted by Crippen LogP contribution is 2.27. The molecule has 0 radical (unpaired) electrons. The Hall–Kier alpha value is -2.16. The average Bonchev–Trinajstić information content (AvgIpc) is 3.23. The summed E-state index contributed by atoms with van der Waals surface area (Å²) in [4.78, 5) is 16.2. The van der Waals surface area contributed by atoms with E-state index < -0.39 is 0 Å². The molecule has 18 heavy (non-hydrogen) atoms. The zero-order valence-electron chi connectivity index (χ0n) is 9.87. The van der Waals surface area contributed by atoms with Crippen LogP contribution in [0.1, 0.15) is 28.8 Å². The molecule has 0 aliphatic heterocycles. The third kappa shape index (κ3) is 2.40. The van der Waals surface area contributed by atoms with Crippen LogP contribution in [0, 0.1) is 0 Å². The lowest BCUT2D eigenvalue weighted by atomic mass is 10.1. The molecule has 1 aliphatic carbocycles. The molecule has 1 saturated carbocycles. The predicted octanol–water partition coefficient (Wildman–Crippen LogP) is 2.85.